The number of aliphatic carboxylic acids is 1. The first-order valence-electron chi connectivity index (χ1n) is 10.1. The molecule has 2 aromatic carbocycles. The molecule has 2 aromatic rings. The van der Waals surface area contributed by atoms with Crippen LogP contribution < -0.4 is 10.2 Å². The van der Waals surface area contributed by atoms with Crippen LogP contribution in [0.25, 0.3) is 0 Å². The standard InChI is InChI=1S/C23H22N2O4S/c26-20-17(24-22(29)23(30)11-15-4-1-2-5-16(15)12-23)9-8-13-6-3-7-14-10-18(21(27)28)25(20)19(13)14/h1-7,17-18,30H,8-12H2,(H,24,29)(H,27,28)/t17?,18-/m0/s1. The summed E-state index contributed by atoms with van der Waals surface area (Å²) in [5.41, 5.74) is 4.72. The van der Waals surface area contributed by atoms with Crippen LogP contribution in [0.3, 0.4) is 0 Å². The molecule has 1 aliphatic carbocycles. The lowest BCUT2D eigenvalue weighted by atomic mass is 10.00. The van der Waals surface area contributed by atoms with Crippen molar-refractivity contribution < 1.29 is 19.5 Å². The average molecular weight is 423 g/mol. The van der Waals surface area contributed by atoms with Crippen LogP contribution in [0.1, 0.15) is 28.7 Å². The number of carboxylic acid groups (broad SMARTS) is 1. The predicted molar refractivity (Wildman–Crippen MR) is 115 cm³/mol. The summed E-state index contributed by atoms with van der Waals surface area (Å²) in [6.07, 6.45) is 2.33. The average Bonchev–Trinajstić information content (AvgIpc) is 3.24. The van der Waals surface area contributed by atoms with Gasteiger partial charge < -0.3 is 10.4 Å². The Bertz CT molecular complexity index is 1060. The van der Waals surface area contributed by atoms with Gasteiger partial charge in [0.1, 0.15) is 12.1 Å². The molecule has 6 nitrogen and oxygen atoms in total. The van der Waals surface area contributed by atoms with E-state index in [2.05, 4.69) is 5.32 Å². The van der Waals surface area contributed by atoms with Gasteiger partial charge >= 0.3 is 5.97 Å². The molecule has 2 N–H and O–H groups in total. The van der Waals surface area contributed by atoms with Crippen molar-refractivity contribution >= 4 is 36.1 Å². The third kappa shape index (κ3) is 2.91. The number of carbonyl (C=O) groups is 3. The number of carboxylic acids is 1. The first kappa shape index (κ1) is 19.2. The Morgan fingerprint density at radius 1 is 1.03 bits per heavy atom. The van der Waals surface area contributed by atoms with Crippen LogP contribution in [0.15, 0.2) is 42.5 Å². The number of thiol groups is 1. The Morgan fingerprint density at radius 3 is 2.33 bits per heavy atom. The summed E-state index contributed by atoms with van der Waals surface area (Å²) >= 11 is 4.70. The zero-order valence-electron chi connectivity index (χ0n) is 16.3. The largest absolute Gasteiger partial charge is 0.480 e. The number of rotatable bonds is 3. The number of nitrogens with one attached hydrogen (secondary N) is 1. The number of anilines is 1. The van der Waals surface area contributed by atoms with Crippen LogP contribution in [0.4, 0.5) is 5.69 Å². The molecule has 2 atom stereocenters. The van der Waals surface area contributed by atoms with Crippen molar-refractivity contribution in [3.8, 4) is 0 Å². The number of para-hydroxylation sites is 1. The minimum atomic E-state index is -1.03. The van der Waals surface area contributed by atoms with Gasteiger partial charge in [-0.1, -0.05) is 42.5 Å². The van der Waals surface area contributed by atoms with Gasteiger partial charge in [0.2, 0.25) is 11.8 Å². The summed E-state index contributed by atoms with van der Waals surface area (Å²) in [6, 6.07) is 11.9. The molecule has 30 heavy (non-hydrogen) atoms. The highest BCUT2D eigenvalue weighted by atomic mass is 32.1. The SMILES string of the molecule is O=C(O)[C@@H]1Cc2cccc3c2N1C(=O)C(NC(=O)C1(S)Cc2ccccc2C1)CC3. The van der Waals surface area contributed by atoms with Crippen LogP contribution >= 0.6 is 12.6 Å². The summed E-state index contributed by atoms with van der Waals surface area (Å²) in [5.74, 6) is -1.67. The molecule has 2 heterocycles. The molecular formula is C23H22N2O4S. The van der Waals surface area contributed by atoms with Crippen molar-refractivity contribution in [3.05, 3.63) is 64.7 Å². The Kier molecular flexibility index (Phi) is 4.39. The van der Waals surface area contributed by atoms with E-state index in [1.165, 1.54) is 4.90 Å². The van der Waals surface area contributed by atoms with Crippen LogP contribution in [0.5, 0.6) is 0 Å². The lowest BCUT2D eigenvalue weighted by Crippen LogP contribution is -2.55. The maximum atomic E-state index is 13.4. The smallest absolute Gasteiger partial charge is 0.327 e. The van der Waals surface area contributed by atoms with Gasteiger partial charge in [-0.25, -0.2) is 4.79 Å². The van der Waals surface area contributed by atoms with Gasteiger partial charge in [0.15, 0.2) is 0 Å². The molecule has 0 aromatic heterocycles. The quantitative estimate of drug-likeness (QED) is 0.660. The minimum absolute atomic E-state index is 0.280. The van der Waals surface area contributed by atoms with E-state index in [1.807, 2.05) is 42.5 Å². The van der Waals surface area contributed by atoms with E-state index in [1.54, 1.807) is 0 Å². The summed E-state index contributed by atoms with van der Waals surface area (Å²) < 4.78 is -0.911. The molecule has 154 valence electrons. The van der Waals surface area contributed by atoms with E-state index >= 15 is 0 Å². The second kappa shape index (κ2) is 6.87. The number of fused-ring (bicyclic) bond motifs is 1. The van der Waals surface area contributed by atoms with Crippen LogP contribution in [-0.4, -0.2) is 39.7 Å². The van der Waals surface area contributed by atoms with Crippen molar-refractivity contribution in [1.82, 2.24) is 5.32 Å². The maximum Gasteiger partial charge on any atom is 0.327 e. The second-order valence-corrected chi connectivity index (χ2v) is 9.27. The lowest BCUT2D eigenvalue weighted by molar-refractivity contribution is -0.140. The number of benzene rings is 2. The van der Waals surface area contributed by atoms with Gasteiger partial charge in [0.05, 0.1) is 10.4 Å². The minimum Gasteiger partial charge on any atom is -0.480 e. The van der Waals surface area contributed by atoms with Gasteiger partial charge in [-0.2, -0.15) is 12.6 Å². The summed E-state index contributed by atoms with van der Waals surface area (Å²) in [7, 11) is 0. The molecule has 7 heteroatoms. The van der Waals surface area contributed by atoms with E-state index in [-0.39, 0.29) is 18.2 Å². The third-order valence-corrected chi connectivity index (χ3v) is 7.02. The van der Waals surface area contributed by atoms with Crippen molar-refractivity contribution in [2.45, 2.75) is 48.9 Å². The molecule has 0 radical (unpaired) electrons. The topological polar surface area (TPSA) is 86.7 Å². The Balaban J connectivity index is 1.41. The highest BCUT2D eigenvalue weighted by Crippen LogP contribution is 2.40. The second-order valence-electron chi connectivity index (χ2n) is 8.41. The molecule has 1 unspecified atom stereocenters. The maximum absolute atomic E-state index is 13.4. The fourth-order valence-corrected chi connectivity index (χ4v) is 5.42. The van der Waals surface area contributed by atoms with E-state index in [9.17, 15) is 19.5 Å². The molecule has 5 rings (SSSR count). The molecule has 0 saturated carbocycles. The fourth-order valence-electron chi connectivity index (χ4n) is 5.01. The van der Waals surface area contributed by atoms with Crippen molar-refractivity contribution in [2.75, 3.05) is 4.90 Å². The van der Waals surface area contributed by atoms with E-state index in [0.717, 1.165) is 22.3 Å². The molecular weight excluding hydrogens is 400 g/mol. The number of aryl methyl sites for hydroxylation is 1. The van der Waals surface area contributed by atoms with Gasteiger partial charge in [-0.15, -0.1) is 0 Å². The monoisotopic (exact) mass is 422 g/mol. The molecule has 2 aliphatic heterocycles. The van der Waals surface area contributed by atoms with Gasteiger partial charge in [0, 0.05) is 6.42 Å². The Morgan fingerprint density at radius 2 is 1.67 bits per heavy atom. The highest BCUT2D eigenvalue weighted by Gasteiger charge is 2.46. The first-order valence-corrected chi connectivity index (χ1v) is 10.6. The zero-order chi connectivity index (χ0) is 21.0. The fraction of sp³-hybridized carbons (Fsp3) is 0.348. The number of nitrogens with zero attached hydrogens (tertiary/aromatic N) is 1. The lowest BCUT2D eigenvalue weighted by Gasteiger charge is -2.29. The Labute approximate surface area is 179 Å². The van der Waals surface area contributed by atoms with Gasteiger partial charge in [0.25, 0.3) is 0 Å². The normalized spacial score (nSPS) is 23.5. The summed E-state index contributed by atoms with van der Waals surface area (Å²) in [5, 5.41) is 12.6. The highest BCUT2D eigenvalue weighted by molar-refractivity contribution is 7.82. The van der Waals surface area contributed by atoms with Crippen LogP contribution in [-0.2, 0) is 40.1 Å². The molecule has 0 bridgehead atoms. The summed E-state index contributed by atoms with van der Waals surface area (Å²) in [4.78, 5) is 39.8. The summed E-state index contributed by atoms with van der Waals surface area (Å²) in [6.45, 7) is 0. The molecule has 3 aliphatic rings. The van der Waals surface area contributed by atoms with Crippen LogP contribution in [0, 0.1) is 0 Å². The van der Waals surface area contributed by atoms with Crippen molar-refractivity contribution in [1.29, 1.82) is 0 Å². The third-order valence-electron chi connectivity index (χ3n) is 6.50. The number of amides is 2. The number of carbonyl (C=O) groups excluding carboxylic acids is 2. The molecule has 0 spiro atoms. The van der Waals surface area contributed by atoms with E-state index < -0.39 is 22.8 Å². The van der Waals surface area contributed by atoms with Crippen molar-refractivity contribution in [3.63, 3.8) is 0 Å². The number of hydrogen-bond donors (Lipinski definition) is 3. The first-order chi connectivity index (χ1) is 14.4. The Hall–Kier alpha value is -2.80. The van der Waals surface area contributed by atoms with E-state index in [4.69, 9.17) is 12.6 Å². The van der Waals surface area contributed by atoms with Crippen molar-refractivity contribution in [2.24, 2.45) is 0 Å². The van der Waals surface area contributed by atoms with Crippen LogP contribution in [0.2, 0.25) is 0 Å². The van der Waals surface area contributed by atoms with Gasteiger partial charge in [-0.3, -0.25) is 14.5 Å². The van der Waals surface area contributed by atoms with Gasteiger partial charge in [-0.05, 0) is 47.9 Å². The van der Waals surface area contributed by atoms with E-state index in [0.29, 0.717) is 31.4 Å². The zero-order valence-corrected chi connectivity index (χ0v) is 17.2. The molecule has 0 fully saturated rings. The molecule has 2 amide bonds. The predicted octanol–water partition coefficient (Wildman–Crippen LogP) is 1.93. The number of hydrogen-bond acceptors (Lipinski definition) is 4. The molecule has 0 saturated heterocycles.